The number of benzene rings is 2. The largest absolute Gasteiger partial charge is 0.454 e. The number of nitrogens with one attached hydrogen (secondary N) is 1. The Morgan fingerprint density at radius 3 is 2.04 bits per heavy atom. The minimum absolute atomic E-state index is 0.116. The summed E-state index contributed by atoms with van der Waals surface area (Å²) < 4.78 is 27.6. The molecule has 1 N–H and O–H groups in total. The topological polar surface area (TPSA) is 107 Å². The third-order valence-corrected chi connectivity index (χ3v) is 4.62. The Hall–Kier alpha value is -3.00. The van der Waals surface area contributed by atoms with Gasteiger partial charge in [0.05, 0.1) is 11.3 Å². The lowest BCUT2D eigenvalue weighted by Gasteiger charge is -2.07. The van der Waals surface area contributed by atoms with Gasteiger partial charge in [-0.05, 0) is 42.0 Å². The zero-order valence-electron chi connectivity index (χ0n) is 15.6. The number of esters is 1. The van der Waals surface area contributed by atoms with E-state index in [1.165, 1.54) is 24.3 Å². The average Bonchev–Trinajstić information content (AvgIpc) is 2.65. The molecule has 0 aromatic heterocycles. The van der Waals surface area contributed by atoms with Gasteiger partial charge in [0, 0.05) is 23.9 Å². The lowest BCUT2D eigenvalue weighted by molar-refractivity contribution is -0.115. The molecule has 0 aliphatic rings. The number of hydrogen-bond acceptors (Lipinski definition) is 6. The summed E-state index contributed by atoms with van der Waals surface area (Å²) in [4.78, 5) is 35.5. The molecule has 0 bridgehead atoms. The zero-order valence-corrected chi connectivity index (χ0v) is 16.4. The SMILES string of the molecule is CCC(=O)Nc1ccc(C(=O)COC(=O)c2ccc(CS(C)(=O)=O)cc2)cc1. The van der Waals surface area contributed by atoms with E-state index in [9.17, 15) is 22.8 Å². The van der Waals surface area contributed by atoms with E-state index < -0.39 is 22.4 Å². The molecule has 148 valence electrons. The molecule has 0 saturated carbocycles. The van der Waals surface area contributed by atoms with Gasteiger partial charge >= 0.3 is 5.97 Å². The van der Waals surface area contributed by atoms with Crippen LogP contribution < -0.4 is 5.32 Å². The Balaban J connectivity index is 1.91. The number of amides is 1. The van der Waals surface area contributed by atoms with Crippen LogP contribution >= 0.6 is 0 Å². The minimum Gasteiger partial charge on any atom is -0.454 e. The van der Waals surface area contributed by atoms with Gasteiger partial charge in [0.1, 0.15) is 0 Å². The molecule has 0 fully saturated rings. The molecule has 2 aromatic carbocycles. The van der Waals surface area contributed by atoms with Gasteiger partial charge in [-0.25, -0.2) is 13.2 Å². The number of ketones is 1. The highest BCUT2D eigenvalue weighted by Gasteiger charge is 2.13. The fraction of sp³-hybridized carbons (Fsp3) is 0.250. The molecule has 1 amide bonds. The molecule has 0 unspecified atom stereocenters. The predicted molar refractivity (Wildman–Crippen MR) is 105 cm³/mol. The molecule has 0 aliphatic carbocycles. The van der Waals surface area contributed by atoms with E-state index in [0.717, 1.165) is 6.26 Å². The fourth-order valence-electron chi connectivity index (χ4n) is 2.33. The summed E-state index contributed by atoms with van der Waals surface area (Å²) in [6.07, 6.45) is 1.48. The van der Waals surface area contributed by atoms with Gasteiger partial charge in [-0.3, -0.25) is 9.59 Å². The van der Waals surface area contributed by atoms with Crippen LogP contribution in [0.15, 0.2) is 48.5 Å². The maximum atomic E-state index is 12.1. The van der Waals surface area contributed by atoms with Crippen molar-refractivity contribution in [3.05, 3.63) is 65.2 Å². The van der Waals surface area contributed by atoms with Crippen molar-refractivity contribution in [2.45, 2.75) is 19.1 Å². The van der Waals surface area contributed by atoms with Crippen LogP contribution in [0.2, 0.25) is 0 Å². The van der Waals surface area contributed by atoms with E-state index in [-0.39, 0.29) is 23.0 Å². The number of sulfone groups is 1. The quantitative estimate of drug-likeness (QED) is 0.536. The summed E-state index contributed by atoms with van der Waals surface area (Å²) in [7, 11) is -3.16. The molecule has 28 heavy (non-hydrogen) atoms. The number of ether oxygens (including phenoxy) is 1. The lowest BCUT2D eigenvalue weighted by Crippen LogP contribution is -2.14. The Bertz CT molecular complexity index is 963. The second kappa shape index (κ2) is 9.27. The number of Topliss-reactive ketones (excluding diaryl/α,β-unsaturated/α-hetero) is 1. The molecular weight excluding hydrogens is 382 g/mol. The predicted octanol–water partition coefficient (Wildman–Crippen LogP) is 2.62. The first-order chi connectivity index (χ1) is 13.2. The summed E-state index contributed by atoms with van der Waals surface area (Å²) in [5.41, 5.74) is 1.72. The first-order valence-electron chi connectivity index (χ1n) is 8.55. The third-order valence-electron chi connectivity index (χ3n) is 3.76. The normalized spacial score (nSPS) is 10.9. The Labute approximate surface area is 163 Å². The molecular formula is C20H21NO6S. The van der Waals surface area contributed by atoms with E-state index in [0.29, 0.717) is 23.2 Å². The van der Waals surface area contributed by atoms with Crippen LogP contribution in [0, 0.1) is 0 Å². The molecule has 2 rings (SSSR count). The first kappa shape index (κ1) is 21.3. The molecule has 0 saturated heterocycles. The van der Waals surface area contributed by atoms with Crippen molar-refractivity contribution in [1.29, 1.82) is 0 Å². The van der Waals surface area contributed by atoms with Crippen molar-refractivity contribution in [3.63, 3.8) is 0 Å². The fourth-order valence-corrected chi connectivity index (χ4v) is 3.12. The highest BCUT2D eigenvalue weighted by Crippen LogP contribution is 2.12. The molecule has 0 spiro atoms. The highest BCUT2D eigenvalue weighted by atomic mass is 32.2. The highest BCUT2D eigenvalue weighted by molar-refractivity contribution is 7.89. The summed E-state index contributed by atoms with van der Waals surface area (Å²) in [5, 5.41) is 2.67. The number of anilines is 1. The van der Waals surface area contributed by atoms with Crippen molar-refractivity contribution in [2.24, 2.45) is 0 Å². The van der Waals surface area contributed by atoms with Crippen LogP contribution in [0.25, 0.3) is 0 Å². The van der Waals surface area contributed by atoms with Crippen LogP contribution in [-0.2, 0) is 25.1 Å². The monoisotopic (exact) mass is 403 g/mol. The van der Waals surface area contributed by atoms with Gasteiger partial charge in [0.15, 0.2) is 22.2 Å². The number of hydrogen-bond donors (Lipinski definition) is 1. The van der Waals surface area contributed by atoms with E-state index in [1.807, 2.05) is 0 Å². The molecule has 0 radical (unpaired) electrons. The van der Waals surface area contributed by atoms with Gasteiger partial charge in [-0.2, -0.15) is 0 Å². The van der Waals surface area contributed by atoms with Crippen molar-refractivity contribution < 1.29 is 27.5 Å². The molecule has 7 nitrogen and oxygen atoms in total. The summed E-state index contributed by atoms with van der Waals surface area (Å²) in [6, 6.07) is 12.3. The Kier molecular flexibility index (Phi) is 7.06. The van der Waals surface area contributed by atoms with Gasteiger partial charge in [0.2, 0.25) is 5.91 Å². The molecule has 0 aliphatic heterocycles. The standard InChI is InChI=1S/C20H21NO6S/c1-3-19(23)21-17-10-8-15(9-11-17)18(22)12-27-20(24)16-6-4-14(5-7-16)13-28(2,25)26/h4-11H,3,12-13H2,1-2H3,(H,21,23). The Morgan fingerprint density at radius 2 is 1.50 bits per heavy atom. The molecule has 0 heterocycles. The number of carbonyl (C=O) groups excluding carboxylic acids is 3. The van der Waals surface area contributed by atoms with Crippen molar-refractivity contribution in [3.8, 4) is 0 Å². The molecule has 8 heteroatoms. The number of carbonyl (C=O) groups is 3. The van der Waals surface area contributed by atoms with Crippen LogP contribution in [0.5, 0.6) is 0 Å². The lowest BCUT2D eigenvalue weighted by atomic mass is 10.1. The smallest absolute Gasteiger partial charge is 0.338 e. The zero-order chi connectivity index (χ0) is 20.7. The second-order valence-electron chi connectivity index (χ2n) is 6.25. The van der Waals surface area contributed by atoms with Crippen molar-refractivity contribution >= 4 is 33.2 Å². The van der Waals surface area contributed by atoms with E-state index in [1.54, 1.807) is 31.2 Å². The maximum absolute atomic E-state index is 12.1. The van der Waals surface area contributed by atoms with E-state index >= 15 is 0 Å². The van der Waals surface area contributed by atoms with Gasteiger partial charge in [0.25, 0.3) is 0 Å². The van der Waals surface area contributed by atoms with E-state index in [2.05, 4.69) is 5.32 Å². The van der Waals surface area contributed by atoms with E-state index in [4.69, 9.17) is 4.74 Å². The van der Waals surface area contributed by atoms with Crippen molar-refractivity contribution in [1.82, 2.24) is 0 Å². The third kappa shape index (κ3) is 6.62. The van der Waals surface area contributed by atoms with Gasteiger partial charge in [-0.1, -0.05) is 19.1 Å². The molecule has 0 atom stereocenters. The average molecular weight is 403 g/mol. The summed E-state index contributed by atoms with van der Waals surface area (Å²) in [5.74, 6) is -1.30. The number of rotatable bonds is 8. The minimum atomic E-state index is -3.16. The van der Waals surface area contributed by atoms with Crippen LogP contribution in [0.3, 0.4) is 0 Å². The van der Waals surface area contributed by atoms with Crippen LogP contribution in [-0.4, -0.2) is 38.9 Å². The summed E-state index contributed by atoms with van der Waals surface area (Å²) in [6.45, 7) is 1.31. The Morgan fingerprint density at radius 1 is 0.929 bits per heavy atom. The summed E-state index contributed by atoms with van der Waals surface area (Å²) >= 11 is 0. The second-order valence-corrected chi connectivity index (χ2v) is 8.39. The van der Waals surface area contributed by atoms with Gasteiger partial charge in [-0.15, -0.1) is 0 Å². The first-order valence-corrected chi connectivity index (χ1v) is 10.6. The van der Waals surface area contributed by atoms with Crippen LogP contribution in [0.1, 0.15) is 39.6 Å². The molecule has 2 aromatic rings. The van der Waals surface area contributed by atoms with Crippen LogP contribution in [0.4, 0.5) is 5.69 Å². The van der Waals surface area contributed by atoms with Gasteiger partial charge < -0.3 is 10.1 Å². The van der Waals surface area contributed by atoms with Crippen molar-refractivity contribution in [2.75, 3.05) is 18.2 Å². The maximum Gasteiger partial charge on any atom is 0.338 e.